The molecule has 0 saturated heterocycles. The first-order valence-corrected chi connectivity index (χ1v) is 12.1. The number of alkyl carbamates (subject to hydrolysis) is 1. The normalized spacial score (nSPS) is 22.2. The topological polar surface area (TPSA) is 105 Å². The van der Waals surface area contributed by atoms with Crippen molar-refractivity contribution < 1.29 is 24.2 Å². The molecule has 0 radical (unpaired) electrons. The molecule has 7 nitrogen and oxygen atoms in total. The molecule has 0 aromatic heterocycles. The predicted octanol–water partition coefficient (Wildman–Crippen LogP) is 4.06. The third-order valence-corrected chi connectivity index (χ3v) is 7.62. The Hall–Kier alpha value is -3.35. The number of carbonyl (C=O) groups excluding carboxylic acids is 2. The third kappa shape index (κ3) is 4.39. The van der Waals surface area contributed by atoms with E-state index in [4.69, 9.17) is 4.74 Å². The summed E-state index contributed by atoms with van der Waals surface area (Å²) >= 11 is 0. The molecule has 2 fully saturated rings. The summed E-state index contributed by atoms with van der Waals surface area (Å²) in [5.74, 6) is -1.18. The molecule has 3 aliphatic rings. The van der Waals surface area contributed by atoms with Crippen molar-refractivity contribution >= 4 is 18.0 Å². The van der Waals surface area contributed by atoms with E-state index in [1.807, 2.05) is 24.3 Å². The lowest BCUT2D eigenvalue weighted by atomic mass is 9.85. The number of fused-ring (bicyclic) bond motifs is 3. The summed E-state index contributed by atoms with van der Waals surface area (Å²) in [6.07, 6.45) is 3.67. The van der Waals surface area contributed by atoms with Crippen molar-refractivity contribution in [3.8, 4) is 11.1 Å². The van der Waals surface area contributed by atoms with E-state index < -0.39 is 17.5 Å². The molecule has 3 aliphatic carbocycles. The number of hydrogen-bond acceptors (Lipinski definition) is 4. The first kappa shape index (κ1) is 22.4. The smallest absolute Gasteiger partial charge is 0.407 e. The van der Waals surface area contributed by atoms with Crippen molar-refractivity contribution in [2.45, 2.75) is 50.5 Å². The van der Waals surface area contributed by atoms with Crippen LogP contribution in [0.5, 0.6) is 0 Å². The summed E-state index contributed by atoms with van der Waals surface area (Å²) < 4.78 is 5.65. The first-order valence-electron chi connectivity index (χ1n) is 12.1. The maximum atomic E-state index is 12.6. The molecule has 5 rings (SSSR count). The Balaban J connectivity index is 1.13. The number of ether oxygens (including phenoxy) is 1. The minimum absolute atomic E-state index is 0.00649. The van der Waals surface area contributed by atoms with Crippen LogP contribution in [-0.2, 0) is 14.3 Å². The number of carbonyl (C=O) groups is 3. The van der Waals surface area contributed by atoms with Gasteiger partial charge in [0, 0.05) is 24.4 Å². The summed E-state index contributed by atoms with van der Waals surface area (Å²) in [4.78, 5) is 36.5. The van der Waals surface area contributed by atoms with Crippen LogP contribution in [0.2, 0.25) is 0 Å². The van der Waals surface area contributed by atoms with Gasteiger partial charge in [0.25, 0.3) is 0 Å². The zero-order chi connectivity index (χ0) is 23.7. The Labute approximate surface area is 198 Å². The maximum absolute atomic E-state index is 12.6. The van der Waals surface area contributed by atoms with Gasteiger partial charge in [0.2, 0.25) is 5.91 Å². The van der Waals surface area contributed by atoms with E-state index in [2.05, 4.69) is 34.9 Å². The molecular formula is C27H30N2O5. The van der Waals surface area contributed by atoms with E-state index >= 15 is 0 Å². The van der Waals surface area contributed by atoms with E-state index in [-0.39, 0.29) is 36.9 Å². The minimum Gasteiger partial charge on any atom is -0.481 e. The average Bonchev–Trinajstić information content (AvgIpc) is 3.58. The zero-order valence-corrected chi connectivity index (χ0v) is 19.1. The van der Waals surface area contributed by atoms with E-state index in [0.717, 1.165) is 19.3 Å². The fourth-order valence-corrected chi connectivity index (χ4v) is 5.38. The van der Waals surface area contributed by atoms with Crippen LogP contribution in [-0.4, -0.2) is 42.3 Å². The Morgan fingerprint density at radius 1 is 0.971 bits per heavy atom. The SMILES string of the molecule is O=C(NC1CCCC(C(=O)NCC2(C(=O)O)CC2)C1)OCC1c2ccccc2-c2ccccc21. The fraction of sp³-hybridized carbons (Fsp3) is 0.444. The van der Waals surface area contributed by atoms with Crippen LogP contribution in [0.15, 0.2) is 48.5 Å². The molecular weight excluding hydrogens is 432 g/mol. The summed E-state index contributed by atoms with van der Waals surface area (Å²) in [7, 11) is 0. The van der Waals surface area contributed by atoms with E-state index in [1.165, 1.54) is 22.3 Å². The van der Waals surface area contributed by atoms with E-state index in [9.17, 15) is 19.5 Å². The van der Waals surface area contributed by atoms with Crippen LogP contribution in [0.3, 0.4) is 0 Å². The minimum atomic E-state index is -0.841. The van der Waals surface area contributed by atoms with E-state index in [0.29, 0.717) is 19.3 Å². The lowest BCUT2D eigenvalue weighted by molar-refractivity contribution is -0.143. The average molecular weight is 463 g/mol. The van der Waals surface area contributed by atoms with Gasteiger partial charge in [-0.3, -0.25) is 9.59 Å². The molecule has 7 heteroatoms. The number of carboxylic acid groups (broad SMARTS) is 1. The summed E-state index contributed by atoms with van der Waals surface area (Å²) in [5.41, 5.74) is 3.93. The molecule has 2 saturated carbocycles. The monoisotopic (exact) mass is 462 g/mol. The Bertz CT molecular complexity index is 1060. The molecule has 2 aromatic carbocycles. The van der Waals surface area contributed by atoms with Gasteiger partial charge in [-0.1, -0.05) is 55.0 Å². The molecule has 0 bridgehead atoms. The Kier molecular flexibility index (Phi) is 6.02. The summed E-state index contributed by atoms with van der Waals surface area (Å²) in [6, 6.07) is 16.3. The maximum Gasteiger partial charge on any atom is 0.407 e. The summed E-state index contributed by atoms with van der Waals surface area (Å²) in [6.45, 7) is 0.440. The number of hydrogen-bond donors (Lipinski definition) is 3. The molecule has 178 valence electrons. The highest BCUT2D eigenvalue weighted by atomic mass is 16.5. The number of rotatable bonds is 7. The van der Waals surface area contributed by atoms with Gasteiger partial charge in [0.05, 0.1) is 5.41 Å². The van der Waals surface area contributed by atoms with Crippen LogP contribution < -0.4 is 10.6 Å². The highest BCUT2D eigenvalue weighted by molar-refractivity contribution is 5.82. The predicted molar refractivity (Wildman–Crippen MR) is 126 cm³/mol. The van der Waals surface area contributed by atoms with Gasteiger partial charge < -0.3 is 20.5 Å². The van der Waals surface area contributed by atoms with Gasteiger partial charge in [0.1, 0.15) is 6.61 Å². The van der Waals surface area contributed by atoms with Gasteiger partial charge in [-0.2, -0.15) is 0 Å². The highest BCUT2D eigenvalue weighted by Crippen LogP contribution is 2.45. The van der Waals surface area contributed by atoms with Gasteiger partial charge in [-0.15, -0.1) is 0 Å². The fourth-order valence-electron chi connectivity index (χ4n) is 5.38. The van der Waals surface area contributed by atoms with Crippen molar-refractivity contribution in [2.75, 3.05) is 13.2 Å². The number of carboxylic acids is 1. The number of nitrogens with one attached hydrogen (secondary N) is 2. The van der Waals surface area contributed by atoms with Crippen LogP contribution in [0, 0.1) is 11.3 Å². The van der Waals surface area contributed by atoms with Crippen molar-refractivity contribution in [2.24, 2.45) is 11.3 Å². The molecule has 2 aromatic rings. The number of amides is 2. The third-order valence-electron chi connectivity index (χ3n) is 7.62. The highest BCUT2D eigenvalue weighted by Gasteiger charge is 2.50. The molecule has 3 N–H and O–H groups in total. The van der Waals surface area contributed by atoms with E-state index in [1.54, 1.807) is 0 Å². The molecule has 2 amide bonds. The second-order valence-electron chi connectivity index (χ2n) is 9.83. The van der Waals surface area contributed by atoms with Crippen molar-refractivity contribution in [1.29, 1.82) is 0 Å². The Morgan fingerprint density at radius 3 is 2.24 bits per heavy atom. The lowest BCUT2D eigenvalue weighted by Crippen LogP contribution is -2.44. The molecule has 0 heterocycles. The molecule has 0 aliphatic heterocycles. The van der Waals surface area contributed by atoms with Gasteiger partial charge in [-0.25, -0.2) is 4.79 Å². The first-order chi connectivity index (χ1) is 16.5. The molecule has 2 atom stereocenters. The number of aliphatic carboxylic acids is 1. The standard InChI is InChI=1S/C27H30N2O5/c30-24(28-16-27(12-13-27)25(31)32)17-6-5-7-18(14-17)29-26(33)34-15-23-21-10-3-1-8-19(21)20-9-2-4-11-22(20)23/h1-4,8-11,17-18,23H,5-7,12-16H2,(H,28,30)(H,29,33)(H,31,32). The second kappa shape index (κ2) is 9.12. The van der Waals surface area contributed by atoms with Gasteiger partial charge in [-0.05, 0) is 54.4 Å². The van der Waals surface area contributed by atoms with Crippen molar-refractivity contribution in [3.63, 3.8) is 0 Å². The van der Waals surface area contributed by atoms with Crippen molar-refractivity contribution in [1.82, 2.24) is 10.6 Å². The largest absolute Gasteiger partial charge is 0.481 e. The van der Waals surface area contributed by atoms with Crippen LogP contribution in [0.4, 0.5) is 4.79 Å². The quantitative estimate of drug-likeness (QED) is 0.576. The lowest BCUT2D eigenvalue weighted by Gasteiger charge is -2.29. The van der Waals surface area contributed by atoms with Gasteiger partial charge in [0.15, 0.2) is 0 Å². The van der Waals surface area contributed by atoms with Crippen molar-refractivity contribution in [3.05, 3.63) is 59.7 Å². The van der Waals surface area contributed by atoms with Crippen LogP contribution in [0.25, 0.3) is 11.1 Å². The van der Waals surface area contributed by atoms with Crippen LogP contribution >= 0.6 is 0 Å². The summed E-state index contributed by atoms with van der Waals surface area (Å²) in [5, 5.41) is 15.1. The molecule has 2 unspecified atom stereocenters. The zero-order valence-electron chi connectivity index (χ0n) is 19.1. The van der Waals surface area contributed by atoms with Crippen LogP contribution in [0.1, 0.15) is 55.6 Å². The molecule has 34 heavy (non-hydrogen) atoms. The number of benzene rings is 2. The second-order valence-corrected chi connectivity index (χ2v) is 9.83. The van der Waals surface area contributed by atoms with Gasteiger partial charge >= 0.3 is 12.1 Å². The molecule has 0 spiro atoms. The Morgan fingerprint density at radius 2 is 1.62 bits per heavy atom.